The van der Waals surface area contributed by atoms with Crippen molar-refractivity contribution in [2.75, 3.05) is 0 Å². The fraction of sp³-hybridized carbons (Fsp3) is 0. The van der Waals surface area contributed by atoms with Crippen LogP contribution in [0.3, 0.4) is 0 Å². The van der Waals surface area contributed by atoms with Crippen LogP contribution in [-0.4, -0.2) is 14.8 Å². The average Bonchev–Trinajstić information content (AvgIpc) is 3.31. The third-order valence-electron chi connectivity index (χ3n) is 4.96. The predicted octanol–water partition coefficient (Wildman–Crippen LogP) is 6.27. The molecule has 0 atom stereocenters. The average molecular weight is 373 g/mol. The second-order valence-electron chi connectivity index (χ2n) is 6.86. The molecule has 138 valence electrons. The van der Waals surface area contributed by atoms with Crippen molar-refractivity contribution in [2.24, 2.45) is 0 Å². The van der Waals surface area contributed by atoms with Gasteiger partial charge in [-0.1, -0.05) is 78.9 Å². The summed E-state index contributed by atoms with van der Waals surface area (Å²) in [5, 5.41) is 4.66. The monoisotopic (exact) mass is 373 g/mol. The van der Waals surface area contributed by atoms with Crippen LogP contribution in [0.1, 0.15) is 0 Å². The molecular weight excluding hydrogens is 354 g/mol. The van der Waals surface area contributed by atoms with Gasteiger partial charge in [-0.15, -0.1) is 0 Å². The second kappa shape index (κ2) is 7.56. The summed E-state index contributed by atoms with van der Waals surface area (Å²) in [6.07, 6.45) is 3.71. The van der Waals surface area contributed by atoms with E-state index in [0.29, 0.717) is 0 Å². The molecule has 2 aromatic heterocycles. The lowest BCUT2D eigenvalue weighted by atomic mass is 9.98. The molecule has 0 N–H and O–H groups in total. The molecule has 5 rings (SSSR count). The van der Waals surface area contributed by atoms with Crippen molar-refractivity contribution in [1.29, 1.82) is 0 Å². The van der Waals surface area contributed by atoms with Gasteiger partial charge in [0.25, 0.3) is 0 Å². The van der Waals surface area contributed by atoms with Gasteiger partial charge < -0.3 is 0 Å². The molecule has 2 heterocycles. The first kappa shape index (κ1) is 17.1. The number of pyridine rings is 1. The first-order valence-electron chi connectivity index (χ1n) is 9.60. The van der Waals surface area contributed by atoms with E-state index in [2.05, 4.69) is 82.9 Å². The molecule has 0 aliphatic carbocycles. The molecule has 29 heavy (non-hydrogen) atoms. The lowest BCUT2D eigenvalue weighted by Crippen LogP contribution is -1.97. The zero-order valence-electron chi connectivity index (χ0n) is 15.8. The molecule has 3 heteroatoms. The van der Waals surface area contributed by atoms with E-state index in [0.717, 1.165) is 17.1 Å². The van der Waals surface area contributed by atoms with E-state index in [4.69, 9.17) is 0 Å². The Kier molecular flexibility index (Phi) is 4.47. The van der Waals surface area contributed by atoms with Crippen molar-refractivity contribution in [2.45, 2.75) is 0 Å². The number of nitrogens with zero attached hydrogens (tertiary/aromatic N) is 3. The van der Waals surface area contributed by atoms with Gasteiger partial charge in [0.2, 0.25) is 0 Å². The van der Waals surface area contributed by atoms with Gasteiger partial charge in [-0.05, 0) is 46.5 Å². The third-order valence-corrected chi connectivity index (χ3v) is 4.96. The standard InChI is InChI=1S/C26H19N3/c1-2-7-20(8-3-1)23-9-6-10-24(19-23)21-12-14-22(15-13-21)25-16-18-29(28-25)26-11-4-5-17-27-26/h1-19H. The quantitative estimate of drug-likeness (QED) is 0.372. The number of rotatable bonds is 4. The van der Waals surface area contributed by atoms with E-state index in [1.54, 1.807) is 10.9 Å². The smallest absolute Gasteiger partial charge is 0.153 e. The SMILES string of the molecule is c1ccc(-c2cccc(-c3ccc(-c4ccn(-c5ccccn5)n4)cc3)c2)cc1. The summed E-state index contributed by atoms with van der Waals surface area (Å²) in [6.45, 7) is 0. The zero-order valence-corrected chi connectivity index (χ0v) is 15.8. The van der Waals surface area contributed by atoms with Crippen LogP contribution >= 0.6 is 0 Å². The summed E-state index contributed by atoms with van der Waals surface area (Å²) in [5.74, 6) is 0.813. The number of hydrogen-bond acceptors (Lipinski definition) is 2. The maximum Gasteiger partial charge on any atom is 0.153 e. The Balaban J connectivity index is 1.42. The highest BCUT2D eigenvalue weighted by Crippen LogP contribution is 2.28. The summed E-state index contributed by atoms with van der Waals surface area (Å²) in [6, 6.07) is 35.5. The van der Waals surface area contributed by atoms with Crippen LogP contribution < -0.4 is 0 Å². The molecule has 3 nitrogen and oxygen atoms in total. The molecule has 0 bridgehead atoms. The Morgan fingerprint density at radius 3 is 1.90 bits per heavy atom. The fourth-order valence-corrected chi connectivity index (χ4v) is 3.44. The van der Waals surface area contributed by atoms with Gasteiger partial charge in [0.05, 0.1) is 5.69 Å². The molecule has 5 aromatic rings. The van der Waals surface area contributed by atoms with Gasteiger partial charge in [0, 0.05) is 18.0 Å². The van der Waals surface area contributed by atoms with E-state index in [9.17, 15) is 0 Å². The first-order valence-corrected chi connectivity index (χ1v) is 9.60. The molecule has 0 aliphatic heterocycles. The Hall–Kier alpha value is -3.98. The molecule has 0 radical (unpaired) electrons. The minimum Gasteiger partial charge on any atom is -0.237 e. The van der Waals surface area contributed by atoms with Gasteiger partial charge in [-0.3, -0.25) is 0 Å². The minimum absolute atomic E-state index is 0.813. The van der Waals surface area contributed by atoms with Crippen LogP contribution in [0.4, 0.5) is 0 Å². The van der Waals surface area contributed by atoms with Gasteiger partial charge in [0.15, 0.2) is 5.82 Å². The Morgan fingerprint density at radius 2 is 1.17 bits per heavy atom. The lowest BCUT2D eigenvalue weighted by molar-refractivity contribution is 0.850. The number of benzene rings is 3. The Labute approximate surface area is 169 Å². The molecule has 0 unspecified atom stereocenters. The van der Waals surface area contributed by atoms with Crippen molar-refractivity contribution >= 4 is 0 Å². The van der Waals surface area contributed by atoms with E-state index in [1.165, 1.54) is 22.3 Å². The Bertz CT molecular complexity index is 1220. The molecular formula is C26H19N3. The predicted molar refractivity (Wildman–Crippen MR) is 118 cm³/mol. The summed E-state index contributed by atoms with van der Waals surface area (Å²) in [7, 11) is 0. The third kappa shape index (κ3) is 3.58. The molecule has 0 amide bonds. The van der Waals surface area contributed by atoms with Gasteiger partial charge in [-0.2, -0.15) is 5.10 Å². The summed E-state index contributed by atoms with van der Waals surface area (Å²) < 4.78 is 1.80. The zero-order chi connectivity index (χ0) is 19.5. The van der Waals surface area contributed by atoms with Crippen molar-refractivity contribution in [3.63, 3.8) is 0 Å². The van der Waals surface area contributed by atoms with Crippen molar-refractivity contribution < 1.29 is 0 Å². The second-order valence-corrected chi connectivity index (χ2v) is 6.86. The topological polar surface area (TPSA) is 30.7 Å². The Morgan fingerprint density at radius 1 is 0.517 bits per heavy atom. The van der Waals surface area contributed by atoms with Crippen molar-refractivity contribution in [1.82, 2.24) is 14.8 Å². The van der Waals surface area contributed by atoms with E-state index in [1.807, 2.05) is 36.5 Å². The summed E-state index contributed by atoms with van der Waals surface area (Å²) >= 11 is 0. The molecule has 0 saturated carbocycles. The highest BCUT2D eigenvalue weighted by atomic mass is 15.3. The van der Waals surface area contributed by atoms with E-state index in [-0.39, 0.29) is 0 Å². The van der Waals surface area contributed by atoms with Crippen LogP contribution in [0.15, 0.2) is 116 Å². The molecule has 0 saturated heterocycles. The van der Waals surface area contributed by atoms with Crippen LogP contribution in [0.25, 0.3) is 39.3 Å². The summed E-state index contributed by atoms with van der Waals surface area (Å²) in [4.78, 5) is 4.34. The van der Waals surface area contributed by atoms with Crippen LogP contribution in [-0.2, 0) is 0 Å². The van der Waals surface area contributed by atoms with Crippen LogP contribution in [0.5, 0.6) is 0 Å². The maximum atomic E-state index is 4.66. The highest BCUT2D eigenvalue weighted by molar-refractivity contribution is 5.74. The van der Waals surface area contributed by atoms with Crippen LogP contribution in [0.2, 0.25) is 0 Å². The lowest BCUT2D eigenvalue weighted by Gasteiger charge is -2.07. The molecule has 0 fully saturated rings. The largest absolute Gasteiger partial charge is 0.237 e. The van der Waals surface area contributed by atoms with E-state index >= 15 is 0 Å². The van der Waals surface area contributed by atoms with Gasteiger partial charge >= 0.3 is 0 Å². The van der Waals surface area contributed by atoms with Gasteiger partial charge in [0.1, 0.15) is 0 Å². The van der Waals surface area contributed by atoms with Crippen LogP contribution in [0, 0.1) is 0 Å². The maximum absolute atomic E-state index is 4.66. The highest BCUT2D eigenvalue weighted by Gasteiger charge is 2.06. The fourth-order valence-electron chi connectivity index (χ4n) is 3.44. The number of aromatic nitrogens is 3. The van der Waals surface area contributed by atoms with Gasteiger partial charge in [-0.25, -0.2) is 9.67 Å². The molecule has 3 aromatic carbocycles. The minimum atomic E-state index is 0.813. The normalized spacial score (nSPS) is 10.8. The number of hydrogen-bond donors (Lipinski definition) is 0. The summed E-state index contributed by atoms with van der Waals surface area (Å²) in [5.41, 5.74) is 6.86. The van der Waals surface area contributed by atoms with Crippen molar-refractivity contribution in [3.05, 3.63) is 116 Å². The molecule has 0 spiro atoms. The first-order chi connectivity index (χ1) is 14.4. The molecule has 0 aliphatic rings. The van der Waals surface area contributed by atoms with E-state index < -0.39 is 0 Å². The van der Waals surface area contributed by atoms with Crippen molar-refractivity contribution in [3.8, 4) is 39.3 Å².